The Morgan fingerprint density at radius 3 is 2.14 bits per heavy atom. The van der Waals surface area contributed by atoms with E-state index in [9.17, 15) is 0 Å². The number of hydrogen-bond acceptors (Lipinski definition) is 1. The smallest absolute Gasteiger partial charge is 0.119 e. The van der Waals surface area contributed by atoms with E-state index < -0.39 is 0 Å². The van der Waals surface area contributed by atoms with Crippen molar-refractivity contribution < 1.29 is 4.74 Å². The van der Waals surface area contributed by atoms with E-state index in [1.54, 1.807) is 0 Å². The largest absolute Gasteiger partial charge is 0.489 e. The molecule has 3 rings (SSSR count). The van der Waals surface area contributed by atoms with Gasteiger partial charge in [0.2, 0.25) is 0 Å². The summed E-state index contributed by atoms with van der Waals surface area (Å²) in [6, 6.07) is 26.7. The standard InChI is InChI=1S/C19H15BrO/c20-18-8-4-5-15(13-18)14-21-19-11-9-17(10-12-19)16-6-2-1-3-7-16/h1-13H,14H2. The third-order valence-electron chi connectivity index (χ3n) is 3.26. The summed E-state index contributed by atoms with van der Waals surface area (Å²) in [5.41, 5.74) is 3.57. The van der Waals surface area contributed by atoms with Crippen molar-refractivity contribution in [2.24, 2.45) is 0 Å². The maximum absolute atomic E-state index is 5.82. The zero-order valence-corrected chi connectivity index (χ0v) is 13.1. The molecule has 0 atom stereocenters. The van der Waals surface area contributed by atoms with E-state index in [0.717, 1.165) is 15.8 Å². The van der Waals surface area contributed by atoms with E-state index in [1.807, 2.05) is 42.5 Å². The van der Waals surface area contributed by atoms with Gasteiger partial charge in [-0.2, -0.15) is 0 Å². The lowest BCUT2D eigenvalue weighted by Crippen LogP contribution is -1.95. The molecular weight excluding hydrogens is 324 g/mol. The Labute approximate surface area is 133 Å². The summed E-state index contributed by atoms with van der Waals surface area (Å²) in [4.78, 5) is 0. The Hall–Kier alpha value is -2.06. The second kappa shape index (κ2) is 6.59. The predicted molar refractivity (Wildman–Crippen MR) is 90.4 cm³/mol. The van der Waals surface area contributed by atoms with Gasteiger partial charge in [0.25, 0.3) is 0 Å². The first kappa shape index (κ1) is 13.9. The van der Waals surface area contributed by atoms with Crippen molar-refractivity contribution in [1.29, 1.82) is 0 Å². The van der Waals surface area contributed by atoms with Gasteiger partial charge < -0.3 is 4.74 Å². The van der Waals surface area contributed by atoms with Crippen LogP contribution in [0, 0.1) is 0 Å². The van der Waals surface area contributed by atoms with Gasteiger partial charge in [0.05, 0.1) is 0 Å². The minimum Gasteiger partial charge on any atom is -0.489 e. The summed E-state index contributed by atoms with van der Waals surface area (Å²) in [7, 11) is 0. The summed E-state index contributed by atoms with van der Waals surface area (Å²) in [6.45, 7) is 0.574. The summed E-state index contributed by atoms with van der Waals surface area (Å²) in [6.07, 6.45) is 0. The zero-order chi connectivity index (χ0) is 14.5. The first-order valence-electron chi connectivity index (χ1n) is 6.84. The van der Waals surface area contributed by atoms with Crippen LogP contribution < -0.4 is 4.74 Å². The van der Waals surface area contributed by atoms with E-state index in [1.165, 1.54) is 11.1 Å². The van der Waals surface area contributed by atoms with E-state index in [4.69, 9.17) is 4.74 Å². The van der Waals surface area contributed by atoms with Gasteiger partial charge in [0, 0.05) is 4.47 Å². The molecule has 0 bridgehead atoms. The molecule has 0 spiro atoms. The average Bonchev–Trinajstić information content (AvgIpc) is 2.54. The number of halogens is 1. The molecule has 2 heteroatoms. The van der Waals surface area contributed by atoms with Crippen molar-refractivity contribution in [1.82, 2.24) is 0 Å². The van der Waals surface area contributed by atoms with Crippen molar-refractivity contribution in [3.8, 4) is 16.9 Å². The van der Waals surface area contributed by atoms with E-state index in [2.05, 4.69) is 52.3 Å². The third-order valence-corrected chi connectivity index (χ3v) is 3.75. The zero-order valence-electron chi connectivity index (χ0n) is 11.5. The second-order valence-corrected chi connectivity index (χ2v) is 5.72. The highest BCUT2D eigenvalue weighted by atomic mass is 79.9. The van der Waals surface area contributed by atoms with Crippen LogP contribution in [0.3, 0.4) is 0 Å². The molecule has 3 aromatic carbocycles. The first-order chi connectivity index (χ1) is 10.3. The van der Waals surface area contributed by atoms with Crippen molar-refractivity contribution in [3.63, 3.8) is 0 Å². The molecule has 0 saturated heterocycles. The predicted octanol–water partition coefficient (Wildman–Crippen LogP) is 5.70. The Morgan fingerprint density at radius 1 is 0.714 bits per heavy atom. The highest BCUT2D eigenvalue weighted by Gasteiger charge is 1.99. The number of ether oxygens (including phenoxy) is 1. The van der Waals surface area contributed by atoms with Gasteiger partial charge in [0.15, 0.2) is 0 Å². The lowest BCUT2D eigenvalue weighted by atomic mass is 10.1. The Bertz CT molecular complexity index is 705. The lowest BCUT2D eigenvalue weighted by molar-refractivity contribution is 0.306. The summed E-state index contributed by atoms with van der Waals surface area (Å²) >= 11 is 3.47. The molecule has 0 saturated carbocycles. The maximum Gasteiger partial charge on any atom is 0.119 e. The fraction of sp³-hybridized carbons (Fsp3) is 0.0526. The lowest BCUT2D eigenvalue weighted by Gasteiger charge is -2.08. The van der Waals surface area contributed by atoms with Crippen LogP contribution in [-0.4, -0.2) is 0 Å². The maximum atomic E-state index is 5.82. The van der Waals surface area contributed by atoms with Crippen LogP contribution in [0.15, 0.2) is 83.3 Å². The van der Waals surface area contributed by atoms with Crippen LogP contribution in [-0.2, 0) is 6.61 Å². The number of hydrogen-bond donors (Lipinski definition) is 0. The normalized spacial score (nSPS) is 10.3. The third kappa shape index (κ3) is 3.73. The second-order valence-electron chi connectivity index (χ2n) is 4.81. The number of rotatable bonds is 4. The van der Waals surface area contributed by atoms with Crippen molar-refractivity contribution in [3.05, 3.63) is 88.9 Å². The van der Waals surface area contributed by atoms with E-state index in [-0.39, 0.29) is 0 Å². The molecule has 0 aliphatic rings. The molecule has 0 aliphatic carbocycles. The van der Waals surface area contributed by atoms with Gasteiger partial charge in [-0.25, -0.2) is 0 Å². The Kier molecular flexibility index (Phi) is 4.37. The van der Waals surface area contributed by atoms with Gasteiger partial charge in [-0.05, 0) is 41.0 Å². The van der Waals surface area contributed by atoms with Crippen LogP contribution >= 0.6 is 15.9 Å². The molecule has 0 aliphatic heterocycles. The van der Waals surface area contributed by atoms with Gasteiger partial charge in [-0.15, -0.1) is 0 Å². The number of benzene rings is 3. The summed E-state index contributed by atoms with van der Waals surface area (Å²) in [5, 5.41) is 0. The van der Waals surface area contributed by atoms with Gasteiger partial charge in [-0.3, -0.25) is 0 Å². The fourth-order valence-electron chi connectivity index (χ4n) is 2.17. The minimum absolute atomic E-state index is 0.574. The summed E-state index contributed by atoms with van der Waals surface area (Å²) in [5.74, 6) is 0.884. The molecule has 0 radical (unpaired) electrons. The van der Waals surface area contributed by atoms with E-state index >= 15 is 0 Å². The average molecular weight is 339 g/mol. The minimum atomic E-state index is 0.574. The molecular formula is C19H15BrO. The van der Waals surface area contributed by atoms with Gasteiger partial charge in [-0.1, -0.05) is 70.5 Å². The molecule has 0 amide bonds. The molecule has 21 heavy (non-hydrogen) atoms. The van der Waals surface area contributed by atoms with E-state index in [0.29, 0.717) is 6.61 Å². The molecule has 1 nitrogen and oxygen atoms in total. The molecule has 0 unspecified atom stereocenters. The Morgan fingerprint density at radius 2 is 1.43 bits per heavy atom. The van der Waals surface area contributed by atoms with Crippen LogP contribution in [0.4, 0.5) is 0 Å². The van der Waals surface area contributed by atoms with Crippen LogP contribution in [0.2, 0.25) is 0 Å². The first-order valence-corrected chi connectivity index (χ1v) is 7.63. The quantitative estimate of drug-likeness (QED) is 0.593. The molecule has 0 fully saturated rings. The van der Waals surface area contributed by atoms with Crippen molar-refractivity contribution >= 4 is 15.9 Å². The molecule has 0 N–H and O–H groups in total. The highest BCUT2D eigenvalue weighted by Crippen LogP contribution is 2.22. The van der Waals surface area contributed by atoms with Crippen molar-refractivity contribution in [2.75, 3.05) is 0 Å². The van der Waals surface area contributed by atoms with Gasteiger partial charge in [0.1, 0.15) is 12.4 Å². The molecule has 0 heterocycles. The SMILES string of the molecule is Brc1cccc(COc2ccc(-c3ccccc3)cc2)c1. The molecule has 3 aromatic rings. The van der Waals surface area contributed by atoms with Gasteiger partial charge >= 0.3 is 0 Å². The van der Waals surface area contributed by atoms with Crippen molar-refractivity contribution in [2.45, 2.75) is 6.61 Å². The van der Waals surface area contributed by atoms with Crippen LogP contribution in [0.1, 0.15) is 5.56 Å². The Balaban J connectivity index is 1.68. The highest BCUT2D eigenvalue weighted by molar-refractivity contribution is 9.10. The monoisotopic (exact) mass is 338 g/mol. The molecule has 0 aromatic heterocycles. The fourth-order valence-corrected chi connectivity index (χ4v) is 2.61. The topological polar surface area (TPSA) is 9.23 Å². The summed E-state index contributed by atoms with van der Waals surface area (Å²) < 4.78 is 6.89. The molecule has 104 valence electrons. The van der Waals surface area contributed by atoms with Crippen LogP contribution in [0.5, 0.6) is 5.75 Å². The van der Waals surface area contributed by atoms with Crippen LogP contribution in [0.25, 0.3) is 11.1 Å².